The number of hydrogen-bond acceptors (Lipinski definition) is 6. The smallest absolute Gasteiger partial charge is 0.326 e. The molecule has 1 saturated carbocycles. The third-order valence-electron chi connectivity index (χ3n) is 5.05. The molecule has 4 N–H and O–H groups in total. The molecule has 0 radical (unpaired) electrons. The first-order chi connectivity index (χ1) is 15.4. The van der Waals surface area contributed by atoms with Crippen LogP contribution in [0.4, 0.5) is 10.2 Å². The minimum Gasteiger partial charge on any atom is -0.493 e. The van der Waals surface area contributed by atoms with Gasteiger partial charge in [0.15, 0.2) is 11.1 Å². The van der Waals surface area contributed by atoms with Crippen LogP contribution in [0.3, 0.4) is 0 Å². The van der Waals surface area contributed by atoms with Crippen LogP contribution >= 0.6 is 0 Å². The quantitative estimate of drug-likeness (QED) is 0.375. The first kappa shape index (κ1) is 19.7. The highest BCUT2D eigenvalue weighted by atomic mass is 19.1. The molecule has 1 aliphatic carbocycles. The number of halogens is 1. The Morgan fingerprint density at radius 1 is 1.34 bits per heavy atom. The van der Waals surface area contributed by atoms with Crippen LogP contribution < -0.4 is 21.7 Å². The van der Waals surface area contributed by atoms with E-state index in [1.54, 1.807) is 13.0 Å². The van der Waals surface area contributed by atoms with E-state index in [1.165, 1.54) is 35.0 Å². The van der Waals surface area contributed by atoms with E-state index in [9.17, 15) is 19.1 Å². The average Bonchev–Trinajstić information content (AvgIpc) is 3.38. The zero-order valence-electron chi connectivity index (χ0n) is 16.9. The Balaban J connectivity index is 1.61. The Bertz CT molecular complexity index is 1550. The minimum atomic E-state index is -0.555. The molecule has 10 nitrogen and oxygen atoms in total. The Morgan fingerprint density at radius 3 is 2.84 bits per heavy atom. The van der Waals surface area contributed by atoms with Crippen LogP contribution in [-0.4, -0.2) is 41.6 Å². The lowest BCUT2D eigenvalue weighted by atomic mass is 10.1. The van der Waals surface area contributed by atoms with Gasteiger partial charge in [0, 0.05) is 16.8 Å². The predicted molar refractivity (Wildman–Crippen MR) is 113 cm³/mol. The van der Waals surface area contributed by atoms with Gasteiger partial charge in [0.2, 0.25) is 5.88 Å². The van der Waals surface area contributed by atoms with E-state index >= 15 is 0 Å². The molecule has 32 heavy (non-hydrogen) atoms. The topological polar surface area (TPSA) is 141 Å². The van der Waals surface area contributed by atoms with Crippen LogP contribution in [0.1, 0.15) is 34.5 Å². The molecule has 3 aromatic heterocycles. The summed E-state index contributed by atoms with van der Waals surface area (Å²) in [6.07, 6.45) is 4.95. The lowest BCUT2D eigenvalue weighted by Gasteiger charge is -2.06. The largest absolute Gasteiger partial charge is 0.493 e. The first-order valence-electron chi connectivity index (χ1n) is 9.90. The number of aryl methyl sites for hydroxylation is 1. The molecule has 3 heterocycles. The fraction of sp³-hybridized carbons (Fsp3) is 0.190. The maximum Gasteiger partial charge on any atom is 0.326 e. The van der Waals surface area contributed by atoms with Gasteiger partial charge in [0.05, 0.1) is 12.2 Å². The summed E-state index contributed by atoms with van der Waals surface area (Å²) in [5.41, 5.74) is 1.06. The van der Waals surface area contributed by atoms with E-state index in [-0.39, 0.29) is 29.0 Å². The molecular weight excluding hydrogens is 417 g/mol. The van der Waals surface area contributed by atoms with Crippen LogP contribution in [-0.2, 0) is 0 Å². The van der Waals surface area contributed by atoms with E-state index in [0.717, 1.165) is 12.8 Å². The number of benzene rings is 1. The second-order valence-electron chi connectivity index (χ2n) is 7.60. The highest BCUT2D eigenvalue weighted by Crippen LogP contribution is 2.22. The molecule has 162 valence electrons. The summed E-state index contributed by atoms with van der Waals surface area (Å²) in [6, 6.07) is 6.01. The number of amides is 1. The van der Waals surface area contributed by atoms with Crippen LogP contribution in [0.5, 0.6) is 5.88 Å². The van der Waals surface area contributed by atoms with Crippen LogP contribution in [0.25, 0.3) is 11.7 Å². The number of imidazole rings is 1. The Labute approximate surface area is 179 Å². The van der Waals surface area contributed by atoms with Gasteiger partial charge >= 0.3 is 5.69 Å². The third-order valence-corrected chi connectivity index (χ3v) is 5.05. The van der Waals surface area contributed by atoms with Gasteiger partial charge in [-0.05, 0) is 43.5 Å². The van der Waals surface area contributed by atoms with E-state index in [1.807, 2.05) is 0 Å². The number of nitrogens with zero attached hydrogens (tertiary/aromatic N) is 4. The lowest BCUT2D eigenvalue weighted by molar-refractivity contribution is 0.102. The van der Waals surface area contributed by atoms with Crippen molar-refractivity contribution in [2.75, 3.05) is 5.32 Å². The van der Waals surface area contributed by atoms with Crippen molar-refractivity contribution in [3.8, 4) is 5.88 Å². The van der Waals surface area contributed by atoms with Crippen LogP contribution in [0.15, 0.2) is 40.2 Å². The fourth-order valence-corrected chi connectivity index (χ4v) is 3.18. The van der Waals surface area contributed by atoms with Crippen LogP contribution in [0.2, 0.25) is 0 Å². The predicted octanol–water partition coefficient (Wildman–Crippen LogP) is 0.762. The summed E-state index contributed by atoms with van der Waals surface area (Å²) >= 11 is 0. The summed E-state index contributed by atoms with van der Waals surface area (Å²) < 4.78 is 15.4. The van der Waals surface area contributed by atoms with Crippen molar-refractivity contribution in [3.63, 3.8) is 0 Å². The Kier molecular flexibility index (Phi) is 4.58. The van der Waals surface area contributed by atoms with E-state index in [2.05, 4.69) is 30.4 Å². The third kappa shape index (κ3) is 3.75. The number of anilines is 1. The van der Waals surface area contributed by atoms with Crippen molar-refractivity contribution in [2.45, 2.75) is 25.8 Å². The number of rotatable bonds is 4. The Morgan fingerprint density at radius 2 is 2.16 bits per heavy atom. The van der Waals surface area contributed by atoms with Crippen molar-refractivity contribution < 1.29 is 14.3 Å². The zero-order chi connectivity index (χ0) is 22.4. The normalized spacial score (nSPS) is 14.9. The molecule has 1 amide bonds. The monoisotopic (exact) mass is 435 g/mol. The summed E-state index contributed by atoms with van der Waals surface area (Å²) in [4.78, 5) is 37.9. The van der Waals surface area contributed by atoms with Gasteiger partial charge in [-0.2, -0.15) is 9.61 Å². The lowest BCUT2D eigenvalue weighted by Crippen LogP contribution is -2.22. The van der Waals surface area contributed by atoms with Crippen molar-refractivity contribution >= 4 is 23.4 Å². The number of carbonyl (C=O) groups is 1. The highest BCUT2D eigenvalue weighted by molar-refractivity contribution is 6.03. The molecule has 0 aliphatic heterocycles. The van der Waals surface area contributed by atoms with Crippen molar-refractivity contribution in [2.24, 2.45) is 4.99 Å². The molecular formula is C21H18FN7O3. The van der Waals surface area contributed by atoms with Gasteiger partial charge in [0.25, 0.3) is 5.91 Å². The van der Waals surface area contributed by atoms with Gasteiger partial charge < -0.3 is 15.4 Å². The fourth-order valence-electron chi connectivity index (χ4n) is 3.18. The standard InChI is InChI=1S/C21H18FN7O3/c1-10-2-3-11(6-14(10)22)19(30)27-16-8-17(24-13-4-5-13)29-18(26-16)12(9-23-29)7-15-20(31)28-21(32)25-15/h2-3,6-9,13,31H,4-5H2,1H3,(H,27,30)(H2,25,28,32). The summed E-state index contributed by atoms with van der Waals surface area (Å²) in [7, 11) is 0. The molecule has 5 rings (SSSR count). The molecule has 1 aromatic carbocycles. The molecule has 0 spiro atoms. The number of carbonyl (C=O) groups excluding carboxylic acids is 1. The van der Waals surface area contributed by atoms with Gasteiger partial charge in [-0.25, -0.2) is 14.2 Å². The number of nitrogens with one attached hydrogen (secondary N) is 3. The number of H-pyrrole nitrogens is 2. The number of aromatic hydroxyl groups is 1. The second-order valence-corrected chi connectivity index (χ2v) is 7.60. The van der Waals surface area contributed by atoms with Gasteiger partial charge in [-0.3, -0.25) is 14.8 Å². The molecule has 0 bridgehead atoms. The summed E-state index contributed by atoms with van der Waals surface area (Å²) in [6.45, 7) is 1.62. The number of fused-ring (bicyclic) bond motifs is 1. The number of aromatic amines is 2. The minimum absolute atomic E-state index is 0.158. The first-order valence-corrected chi connectivity index (χ1v) is 9.90. The molecule has 11 heteroatoms. The van der Waals surface area contributed by atoms with E-state index < -0.39 is 17.4 Å². The molecule has 1 fully saturated rings. The molecule has 1 aliphatic rings. The second kappa shape index (κ2) is 7.45. The SMILES string of the molecule is Cc1ccc(C(=O)Nc2cc(=NC3CC3)n3ncc(=Cc4[nH]c(=O)[nH]c4O)c3n2)cc1F. The van der Waals surface area contributed by atoms with Gasteiger partial charge in [0.1, 0.15) is 17.3 Å². The molecule has 0 saturated heterocycles. The summed E-state index contributed by atoms with van der Waals surface area (Å²) in [5.74, 6) is -1.10. The summed E-state index contributed by atoms with van der Waals surface area (Å²) in [5, 5.41) is 17.3. The molecule has 0 atom stereocenters. The van der Waals surface area contributed by atoms with Crippen molar-refractivity contribution in [3.05, 3.63) is 74.3 Å². The maximum atomic E-state index is 13.9. The Hall–Kier alpha value is -4.28. The van der Waals surface area contributed by atoms with Crippen molar-refractivity contribution in [1.29, 1.82) is 0 Å². The van der Waals surface area contributed by atoms with Crippen molar-refractivity contribution in [1.82, 2.24) is 24.6 Å². The van der Waals surface area contributed by atoms with Crippen LogP contribution in [0, 0.1) is 12.7 Å². The van der Waals surface area contributed by atoms with E-state index in [0.29, 0.717) is 21.9 Å². The molecule has 4 aromatic rings. The highest BCUT2D eigenvalue weighted by Gasteiger charge is 2.20. The average molecular weight is 435 g/mol. The number of hydrogen-bond donors (Lipinski definition) is 4. The molecule has 0 unspecified atom stereocenters. The van der Waals surface area contributed by atoms with Gasteiger partial charge in [-0.15, -0.1) is 0 Å². The maximum absolute atomic E-state index is 13.9. The van der Waals surface area contributed by atoms with Gasteiger partial charge in [-0.1, -0.05) is 6.07 Å². The zero-order valence-corrected chi connectivity index (χ0v) is 16.9. The van der Waals surface area contributed by atoms with E-state index in [4.69, 9.17) is 0 Å². The number of aromatic nitrogens is 5.